The lowest BCUT2D eigenvalue weighted by Crippen LogP contribution is -1.94. The van der Waals surface area contributed by atoms with E-state index in [9.17, 15) is 0 Å². The van der Waals surface area contributed by atoms with E-state index in [1.807, 2.05) is 25.4 Å². The number of hydrogen-bond donors (Lipinski definition) is 0. The van der Waals surface area contributed by atoms with Gasteiger partial charge in [0, 0.05) is 12.4 Å². The monoisotopic (exact) mass is 176 g/mol. The SMILES string of the molecule is C/C=N/c1c(C)ccnc1C(C)C. The molecule has 0 radical (unpaired) electrons. The molecule has 0 saturated carbocycles. The number of aliphatic imine (C=N–C) groups is 1. The van der Waals surface area contributed by atoms with Crippen LogP contribution in [0.15, 0.2) is 17.3 Å². The zero-order chi connectivity index (χ0) is 9.84. The molecule has 1 rings (SSSR count). The van der Waals surface area contributed by atoms with Crippen LogP contribution in [0.2, 0.25) is 0 Å². The fraction of sp³-hybridized carbons (Fsp3) is 0.455. The number of aromatic nitrogens is 1. The fourth-order valence-electron chi connectivity index (χ4n) is 1.29. The smallest absolute Gasteiger partial charge is 0.0872 e. The molecule has 13 heavy (non-hydrogen) atoms. The molecule has 1 aromatic rings. The van der Waals surface area contributed by atoms with Crippen LogP contribution in [0.4, 0.5) is 5.69 Å². The summed E-state index contributed by atoms with van der Waals surface area (Å²) in [5.74, 6) is 0.429. The lowest BCUT2D eigenvalue weighted by atomic mass is 10.1. The number of aryl methyl sites for hydroxylation is 1. The third-order valence-electron chi connectivity index (χ3n) is 1.96. The van der Waals surface area contributed by atoms with Crippen molar-refractivity contribution in [3.63, 3.8) is 0 Å². The van der Waals surface area contributed by atoms with Crippen molar-refractivity contribution in [1.82, 2.24) is 4.98 Å². The molecule has 0 N–H and O–H groups in total. The summed E-state index contributed by atoms with van der Waals surface area (Å²) >= 11 is 0. The summed E-state index contributed by atoms with van der Waals surface area (Å²) in [5.41, 5.74) is 3.30. The maximum absolute atomic E-state index is 4.34. The second-order valence-corrected chi connectivity index (χ2v) is 3.40. The Labute approximate surface area is 79.7 Å². The van der Waals surface area contributed by atoms with Gasteiger partial charge in [0.25, 0.3) is 0 Å². The zero-order valence-corrected chi connectivity index (χ0v) is 8.70. The molecular formula is C11H16N2. The minimum absolute atomic E-state index is 0.429. The van der Waals surface area contributed by atoms with Gasteiger partial charge in [-0.25, -0.2) is 0 Å². The minimum Gasteiger partial charge on any atom is -0.259 e. The normalized spacial score (nSPS) is 11.5. The Morgan fingerprint density at radius 1 is 1.46 bits per heavy atom. The highest BCUT2D eigenvalue weighted by molar-refractivity contribution is 5.64. The molecule has 0 atom stereocenters. The molecule has 0 spiro atoms. The molecule has 2 nitrogen and oxygen atoms in total. The predicted octanol–water partition coefficient (Wildman–Crippen LogP) is 3.24. The van der Waals surface area contributed by atoms with Crippen LogP contribution in [0.1, 0.15) is 37.9 Å². The van der Waals surface area contributed by atoms with Crippen molar-refractivity contribution < 1.29 is 0 Å². The van der Waals surface area contributed by atoms with Crippen molar-refractivity contribution in [2.24, 2.45) is 4.99 Å². The third-order valence-corrected chi connectivity index (χ3v) is 1.96. The summed E-state index contributed by atoms with van der Waals surface area (Å²) in [4.78, 5) is 8.68. The first-order chi connectivity index (χ1) is 6.16. The van der Waals surface area contributed by atoms with E-state index < -0.39 is 0 Å². The van der Waals surface area contributed by atoms with Crippen molar-refractivity contribution in [2.45, 2.75) is 33.6 Å². The molecule has 0 aliphatic rings. The fourth-order valence-corrected chi connectivity index (χ4v) is 1.29. The molecule has 0 aliphatic heterocycles. The molecule has 0 bridgehead atoms. The van der Waals surface area contributed by atoms with E-state index in [0.717, 1.165) is 11.4 Å². The van der Waals surface area contributed by atoms with Gasteiger partial charge in [-0.15, -0.1) is 0 Å². The predicted molar refractivity (Wildman–Crippen MR) is 56.9 cm³/mol. The first-order valence-electron chi connectivity index (χ1n) is 4.61. The number of hydrogen-bond acceptors (Lipinski definition) is 2. The molecular weight excluding hydrogens is 160 g/mol. The average Bonchev–Trinajstić information content (AvgIpc) is 2.08. The van der Waals surface area contributed by atoms with E-state index in [4.69, 9.17) is 0 Å². The lowest BCUT2D eigenvalue weighted by molar-refractivity contribution is 0.821. The minimum atomic E-state index is 0.429. The largest absolute Gasteiger partial charge is 0.259 e. The molecule has 0 unspecified atom stereocenters. The maximum atomic E-state index is 4.34. The highest BCUT2D eigenvalue weighted by Gasteiger charge is 2.08. The van der Waals surface area contributed by atoms with E-state index in [0.29, 0.717) is 5.92 Å². The third kappa shape index (κ3) is 2.14. The van der Waals surface area contributed by atoms with E-state index in [2.05, 4.69) is 30.7 Å². The standard InChI is InChI=1S/C11H16N2/c1-5-12-11-9(4)6-7-13-10(11)8(2)3/h5-8H,1-4H3/b12-5+. The average molecular weight is 176 g/mol. The van der Waals surface area contributed by atoms with Gasteiger partial charge in [-0.05, 0) is 31.4 Å². The number of rotatable bonds is 2. The molecule has 1 heterocycles. The van der Waals surface area contributed by atoms with Crippen LogP contribution in [-0.2, 0) is 0 Å². The van der Waals surface area contributed by atoms with Crippen LogP contribution < -0.4 is 0 Å². The van der Waals surface area contributed by atoms with Crippen molar-refractivity contribution in [3.8, 4) is 0 Å². The summed E-state index contributed by atoms with van der Waals surface area (Å²) in [6.45, 7) is 8.26. The Balaban J connectivity index is 3.25. The van der Waals surface area contributed by atoms with Gasteiger partial charge in [0.2, 0.25) is 0 Å². The van der Waals surface area contributed by atoms with Gasteiger partial charge < -0.3 is 0 Å². The van der Waals surface area contributed by atoms with E-state index in [1.54, 1.807) is 0 Å². The molecule has 0 saturated heterocycles. The van der Waals surface area contributed by atoms with Crippen molar-refractivity contribution in [2.75, 3.05) is 0 Å². The Kier molecular flexibility index (Phi) is 3.18. The molecule has 70 valence electrons. The van der Waals surface area contributed by atoms with E-state index >= 15 is 0 Å². The van der Waals surface area contributed by atoms with Crippen molar-refractivity contribution in [3.05, 3.63) is 23.5 Å². The number of pyridine rings is 1. The summed E-state index contributed by atoms with van der Waals surface area (Å²) in [6.07, 6.45) is 3.66. The summed E-state index contributed by atoms with van der Waals surface area (Å²) < 4.78 is 0. The summed E-state index contributed by atoms with van der Waals surface area (Å²) in [6, 6.07) is 1.99. The molecule has 0 amide bonds. The van der Waals surface area contributed by atoms with Crippen LogP contribution >= 0.6 is 0 Å². The van der Waals surface area contributed by atoms with Crippen LogP contribution in [-0.4, -0.2) is 11.2 Å². The molecule has 0 aromatic carbocycles. The summed E-state index contributed by atoms with van der Waals surface area (Å²) in [5, 5.41) is 0. The van der Waals surface area contributed by atoms with Crippen LogP contribution in [0.5, 0.6) is 0 Å². The van der Waals surface area contributed by atoms with Gasteiger partial charge in [0.05, 0.1) is 11.4 Å². The highest BCUT2D eigenvalue weighted by atomic mass is 14.8. The molecule has 2 heteroatoms. The zero-order valence-electron chi connectivity index (χ0n) is 8.70. The molecule has 1 aromatic heterocycles. The maximum Gasteiger partial charge on any atom is 0.0872 e. The van der Waals surface area contributed by atoms with Crippen molar-refractivity contribution >= 4 is 11.9 Å². The quantitative estimate of drug-likeness (QED) is 0.635. The van der Waals surface area contributed by atoms with Gasteiger partial charge >= 0.3 is 0 Å². The van der Waals surface area contributed by atoms with Gasteiger partial charge in [-0.3, -0.25) is 9.98 Å². The summed E-state index contributed by atoms with van der Waals surface area (Å²) in [7, 11) is 0. The van der Waals surface area contributed by atoms with Gasteiger partial charge in [0.15, 0.2) is 0 Å². The molecule has 0 fully saturated rings. The topological polar surface area (TPSA) is 25.2 Å². The lowest BCUT2D eigenvalue weighted by Gasteiger charge is -2.09. The second kappa shape index (κ2) is 4.17. The Morgan fingerprint density at radius 2 is 2.15 bits per heavy atom. The van der Waals surface area contributed by atoms with Crippen LogP contribution in [0, 0.1) is 6.92 Å². The van der Waals surface area contributed by atoms with Crippen molar-refractivity contribution in [1.29, 1.82) is 0 Å². The van der Waals surface area contributed by atoms with Gasteiger partial charge in [0.1, 0.15) is 0 Å². The van der Waals surface area contributed by atoms with Crippen LogP contribution in [0.25, 0.3) is 0 Å². The number of nitrogens with zero attached hydrogens (tertiary/aromatic N) is 2. The first-order valence-corrected chi connectivity index (χ1v) is 4.61. The highest BCUT2D eigenvalue weighted by Crippen LogP contribution is 2.27. The van der Waals surface area contributed by atoms with Gasteiger partial charge in [-0.1, -0.05) is 13.8 Å². The van der Waals surface area contributed by atoms with Gasteiger partial charge in [-0.2, -0.15) is 0 Å². The van der Waals surface area contributed by atoms with E-state index in [1.165, 1.54) is 5.56 Å². The Morgan fingerprint density at radius 3 is 2.69 bits per heavy atom. The van der Waals surface area contributed by atoms with E-state index in [-0.39, 0.29) is 0 Å². The first kappa shape index (κ1) is 9.90. The Hall–Kier alpha value is -1.18. The van der Waals surface area contributed by atoms with Crippen LogP contribution in [0.3, 0.4) is 0 Å². The Bertz CT molecular complexity index is 314. The molecule has 0 aliphatic carbocycles. The second-order valence-electron chi connectivity index (χ2n) is 3.40.